The average Bonchev–Trinajstić information content (AvgIpc) is 3.06. The van der Waals surface area contributed by atoms with Gasteiger partial charge in [0.1, 0.15) is 0 Å². The summed E-state index contributed by atoms with van der Waals surface area (Å²) in [5.74, 6) is 0.0388. The van der Waals surface area contributed by atoms with Crippen molar-refractivity contribution in [2.45, 2.75) is 12.8 Å². The van der Waals surface area contributed by atoms with Crippen LogP contribution in [-0.4, -0.2) is 22.6 Å². The van der Waals surface area contributed by atoms with E-state index in [1.165, 1.54) is 0 Å². The number of carbonyl (C=O) groups excluding carboxylic acids is 1. The summed E-state index contributed by atoms with van der Waals surface area (Å²) in [6.45, 7) is 0.483. The number of nitrogens with zero attached hydrogens (tertiary/aromatic N) is 2. The Hall–Kier alpha value is -2.66. The number of nitrogens with one attached hydrogen (secondary N) is 1. The van der Waals surface area contributed by atoms with E-state index in [0.29, 0.717) is 30.3 Å². The Kier molecular flexibility index (Phi) is 5.23. The molecule has 3 aromatic rings. The predicted octanol–water partition coefficient (Wildman–Crippen LogP) is 3.29. The van der Waals surface area contributed by atoms with Gasteiger partial charge in [-0.25, -0.2) is 0 Å². The first kappa shape index (κ1) is 16.2. The van der Waals surface area contributed by atoms with E-state index >= 15 is 0 Å². The van der Waals surface area contributed by atoms with Gasteiger partial charge in [0.25, 0.3) is 0 Å². The van der Waals surface area contributed by atoms with Gasteiger partial charge < -0.3 is 9.73 Å². The van der Waals surface area contributed by atoms with Gasteiger partial charge in [0.15, 0.2) is 0 Å². The molecular weight excluding hydrogens is 326 g/mol. The molecule has 0 aliphatic heterocycles. The van der Waals surface area contributed by atoms with Crippen LogP contribution in [0.25, 0.3) is 0 Å². The molecule has 1 amide bonds. The van der Waals surface area contributed by atoms with Crippen molar-refractivity contribution < 1.29 is 9.21 Å². The second-order valence-electron chi connectivity index (χ2n) is 5.30. The fourth-order valence-electron chi connectivity index (χ4n) is 2.23. The van der Waals surface area contributed by atoms with Crippen LogP contribution in [0.2, 0.25) is 5.02 Å². The van der Waals surface area contributed by atoms with Crippen LogP contribution in [0.5, 0.6) is 0 Å². The van der Waals surface area contributed by atoms with Gasteiger partial charge in [-0.1, -0.05) is 54.1 Å². The monoisotopic (exact) mass is 341 g/mol. The van der Waals surface area contributed by atoms with Crippen molar-refractivity contribution in [3.8, 4) is 0 Å². The number of benzene rings is 2. The molecule has 0 aliphatic carbocycles. The minimum Gasteiger partial charge on any atom is -0.417 e. The lowest BCUT2D eigenvalue weighted by Crippen LogP contribution is -2.26. The second kappa shape index (κ2) is 7.75. The number of rotatable bonds is 6. The molecule has 122 valence electrons. The number of aromatic nitrogens is 2. The number of hydrogen-bond acceptors (Lipinski definition) is 4. The second-order valence-corrected chi connectivity index (χ2v) is 5.73. The molecule has 5 nitrogen and oxygen atoms in total. The Morgan fingerprint density at radius 2 is 1.75 bits per heavy atom. The van der Waals surface area contributed by atoms with E-state index in [0.717, 1.165) is 11.1 Å². The first-order valence-corrected chi connectivity index (χ1v) is 7.97. The summed E-state index contributed by atoms with van der Waals surface area (Å²) in [4.78, 5) is 12.0. The third-order valence-electron chi connectivity index (χ3n) is 3.47. The number of amides is 1. The lowest BCUT2D eigenvalue weighted by Gasteiger charge is -2.03. The Morgan fingerprint density at radius 3 is 2.50 bits per heavy atom. The SMILES string of the molecule is O=C(NCCc1ccc(Cl)cc1)c1nnc(Cc2ccccc2)o1. The summed E-state index contributed by atoms with van der Waals surface area (Å²) in [7, 11) is 0. The molecule has 3 rings (SSSR count). The van der Waals surface area contributed by atoms with Gasteiger partial charge in [0.05, 0.1) is 6.42 Å². The highest BCUT2D eigenvalue weighted by Gasteiger charge is 2.14. The van der Waals surface area contributed by atoms with Crippen LogP contribution >= 0.6 is 11.6 Å². The van der Waals surface area contributed by atoms with Gasteiger partial charge in [-0.15, -0.1) is 10.2 Å². The van der Waals surface area contributed by atoms with Crippen molar-refractivity contribution in [3.05, 3.63) is 82.5 Å². The first-order chi connectivity index (χ1) is 11.7. The van der Waals surface area contributed by atoms with Gasteiger partial charge in [-0.05, 0) is 29.7 Å². The van der Waals surface area contributed by atoms with Crippen molar-refractivity contribution in [2.24, 2.45) is 0 Å². The summed E-state index contributed by atoms with van der Waals surface area (Å²) >= 11 is 5.84. The minimum atomic E-state index is -0.365. The fraction of sp³-hybridized carbons (Fsp3) is 0.167. The summed E-state index contributed by atoms with van der Waals surface area (Å²) in [5, 5.41) is 11.2. The van der Waals surface area contributed by atoms with Crippen molar-refractivity contribution >= 4 is 17.5 Å². The standard InChI is InChI=1S/C18H16ClN3O2/c19-15-8-6-13(7-9-15)10-11-20-17(23)18-22-21-16(24-18)12-14-4-2-1-3-5-14/h1-9H,10-12H2,(H,20,23). The molecule has 0 unspecified atom stereocenters. The van der Waals surface area contributed by atoms with E-state index < -0.39 is 0 Å². The fourth-order valence-corrected chi connectivity index (χ4v) is 2.36. The zero-order chi connectivity index (χ0) is 16.8. The van der Waals surface area contributed by atoms with Crippen LogP contribution in [0.15, 0.2) is 59.0 Å². The van der Waals surface area contributed by atoms with Crippen LogP contribution in [-0.2, 0) is 12.8 Å². The maximum atomic E-state index is 12.0. The van der Waals surface area contributed by atoms with E-state index in [1.54, 1.807) is 0 Å². The first-order valence-electron chi connectivity index (χ1n) is 7.59. The molecule has 1 aromatic heterocycles. The summed E-state index contributed by atoms with van der Waals surface area (Å²) < 4.78 is 5.42. The summed E-state index contributed by atoms with van der Waals surface area (Å²) in [6.07, 6.45) is 1.21. The molecule has 2 aromatic carbocycles. The maximum Gasteiger partial charge on any atom is 0.308 e. The molecule has 0 fully saturated rings. The number of hydrogen-bond donors (Lipinski definition) is 1. The molecule has 0 saturated heterocycles. The zero-order valence-corrected chi connectivity index (χ0v) is 13.7. The summed E-state index contributed by atoms with van der Waals surface area (Å²) in [5.41, 5.74) is 2.14. The van der Waals surface area contributed by atoms with Gasteiger partial charge >= 0.3 is 11.8 Å². The molecule has 0 bridgehead atoms. The van der Waals surface area contributed by atoms with Gasteiger partial charge in [0, 0.05) is 11.6 Å². The number of carbonyl (C=O) groups is 1. The molecule has 6 heteroatoms. The van der Waals surface area contributed by atoms with E-state index in [2.05, 4.69) is 15.5 Å². The lowest BCUT2D eigenvalue weighted by atomic mass is 10.1. The highest BCUT2D eigenvalue weighted by Crippen LogP contribution is 2.10. The normalized spacial score (nSPS) is 10.5. The van der Waals surface area contributed by atoms with Crippen LogP contribution in [0.4, 0.5) is 0 Å². The lowest BCUT2D eigenvalue weighted by molar-refractivity contribution is 0.0918. The average molecular weight is 342 g/mol. The Bertz CT molecular complexity index is 801. The molecular formula is C18H16ClN3O2. The van der Waals surface area contributed by atoms with E-state index in [1.807, 2.05) is 54.6 Å². The van der Waals surface area contributed by atoms with Crippen molar-refractivity contribution in [2.75, 3.05) is 6.54 Å². The quantitative estimate of drug-likeness (QED) is 0.747. The van der Waals surface area contributed by atoms with Crippen LogP contribution < -0.4 is 5.32 Å². The van der Waals surface area contributed by atoms with Crippen LogP contribution in [0.3, 0.4) is 0 Å². The summed E-state index contributed by atoms with van der Waals surface area (Å²) in [6, 6.07) is 17.3. The molecule has 1 heterocycles. The largest absolute Gasteiger partial charge is 0.417 e. The minimum absolute atomic E-state index is 0.0166. The molecule has 0 spiro atoms. The highest BCUT2D eigenvalue weighted by atomic mass is 35.5. The van der Waals surface area contributed by atoms with Crippen molar-refractivity contribution in [1.82, 2.24) is 15.5 Å². The van der Waals surface area contributed by atoms with Gasteiger partial charge in [-0.3, -0.25) is 4.79 Å². The molecule has 1 N–H and O–H groups in total. The molecule has 0 atom stereocenters. The van der Waals surface area contributed by atoms with Crippen molar-refractivity contribution in [3.63, 3.8) is 0 Å². The highest BCUT2D eigenvalue weighted by molar-refractivity contribution is 6.30. The van der Waals surface area contributed by atoms with E-state index in [4.69, 9.17) is 16.0 Å². The molecule has 0 radical (unpaired) electrons. The van der Waals surface area contributed by atoms with E-state index in [-0.39, 0.29) is 11.8 Å². The Morgan fingerprint density at radius 1 is 1.00 bits per heavy atom. The third kappa shape index (κ3) is 4.43. The van der Waals surface area contributed by atoms with Crippen molar-refractivity contribution in [1.29, 1.82) is 0 Å². The Balaban J connectivity index is 1.51. The van der Waals surface area contributed by atoms with Crippen LogP contribution in [0.1, 0.15) is 27.7 Å². The zero-order valence-electron chi connectivity index (χ0n) is 12.9. The molecule has 0 aliphatic rings. The topological polar surface area (TPSA) is 68.0 Å². The molecule has 24 heavy (non-hydrogen) atoms. The Labute approximate surface area is 144 Å². The van der Waals surface area contributed by atoms with Gasteiger partial charge in [-0.2, -0.15) is 0 Å². The van der Waals surface area contributed by atoms with Crippen LogP contribution in [0, 0.1) is 0 Å². The van der Waals surface area contributed by atoms with Gasteiger partial charge in [0.2, 0.25) is 5.89 Å². The maximum absolute atomic E-state index is 12.0. The number of halogens is 1. The predicted molar refractivity (Wildman–Crippen MR) is 91.0 cm³/mol. The smallest absolute Gasteiger partial charge is 0.308 e. The third-order valence-corrected chi connectivity index (χ3v) is 3.72. The van der Waals surface area contributed by atoms with E-state index in [9.17, 15) is 4.79 Å². The molecule has 0 saturated carbocycles.